The molecule has 0 atom stereocenters. The Labute approximate surface area is 121 Å². The Balaban J connectivity index is 3.27. The molecular weight excluding hydrogens is 280 g/mol. The molecule has 1 aromatic rings. The third kappa shape index (κ3) is 3.91. The lowest BCUT2D eigenvalue weighted by Gasteiger charge is -2.25. The SMILES string of the molecule is COc1ccc([N+](=O)[O-])cc1C(=O)N(CC(=O)O)C(C)C. The van der Waals surface area contributed by atoms with Crippen molar-refractivity contribution in [2.45, 2.75) is 19.9 Å². The topological polar surface area (TPSA) is 110 Å². The van der Waals surface area contributed by atoms with Crippen molar-refractivity contribution in [3.8, 4) is 5.75 Å². The summed E-state index contributed by atoms with van der Waals surface area (Å²) >= 11 is 0. The molecule has 0 fully saturated rings. The summed E-state index contributed by atoms with van der Waals surface area (Å²) < 4.78 is 5.02. The van der Waals surface area contributed by atoms with Crippen molar-refractivity contribution in [1.82, 2.24) is 4.90 Å². The molecule has 1 N–H and O–H groups in total. The quantitative estimate of drug-likeness (QED) is 0.629. The van der Waals surface area contributed by atoms with E-state index in [0.29, 0.717) is 0 Å². The van der Waals surface area contributed by atoms with E-state index in [1.807, 2.05) is 0 Å². The van der Waals surface area contributed by atoms with Gasteiger partial charge in [0.2, 0.25) is 0 Å². The van der Waals surface area contributed by atoms with Gasteiger partial charge in [-0.3, -0.25) is 19.7 Å². The maximum atomic E-state index is 12.4. The lowest BCUT2D eigenvalue weighted by molar-refractivity contribution is -0.384. The highest BCUT2D eigenvalue weighted by atomic mass is 16.6. The number of rotatable bonds is 6. The number of benzene rings is 1. The molecule has 0 bridgehead atoms. The first-order valence-electron chi connectivity index (χ1n) is 6.13. The highest BCUT2D eigenvalue weighted by Crippen LogP contribution is 2.25. The van der Waals surface area contributed by atoms with Gasteiger partial charge in [0.1, 0.15) is 12.3 Å². The molecular formula is C13H16N2O6. The fourth-order valence-corrected chi connectivity index (χ4v) is 1.77. The standard InChI is InChI=1S/C13H16N2O6/c1-8(2)14(7-12(16)17)13(18)10-6-9(15(19)20)4-5-11(10)21-3/h4-6,8H,7H2,1-3H3,(H,16,17). The van der Waals surface area contributed by atoms with Gasteiger partial charge in [-0.1, -0.05) is 0 Å². The highest BCUT2D eigenvalue weighted by molar-refractivity contribution is 5.99. The predicted octanol–water partition coefficient (Wildman–Crippen LogP) is 1.54. The van der Waals surface area contributed by atoms with Crippen LogP contribution in [0.1, 0.15) is 24.2 Å². The average Bonchev–Trinajstić information content (AvgIpc) is 2.42. The van der Waals surface area contributed by atoms with Crippen LogP contribution in [0.25, 0.3) is 0 Å². The van der Waals surface area contributed by atoms with Crippen LogP contribution in [0, 0.1) is 10.1 Å². The molecule has 21 heavy (non-hydrogen) atoms. The van der Waals surface area contributed by atoms with Crippen LogP contribution in [-0.2, 0) is 4.79 Å². The molecule has 0 aliphatic carbocycles. The summed E-state index contributed by atoms with van der Waals surface area (Å²) in [6.07, 6.45) is 0. The number of aliphatic carboxylic acids is 1. The molecule has 0 unspecified atom stereocenters. The van der Waals surface area contributed by atoms with Crippen molar-refractivity contribution >= 4 is 17.6 Å². The number of methoxy groups -OCH3 is 1. The predicted molar refractivity (Wildman–Crippen MR) is 73.5 cm³/mol. The number of carbonyl (C=O) groups excluding carboxylic acids is 1. The van der Waals surface area contributed by atoms with Crippen molar-refractivity contribution in [3.05, 3.63) is 33.9 Å². The lowest BCUT2D eigenvalue weighted by Crippen LogP contribution is -2.40. The van der Waals surface area contributed by atoms with Gasteiger partial charge >= 0.3 is 5.97 Å². The van der Waals surface area contributed by atoms with Crippen LogP contribution in [0.4, 0.5) is 5.69 Å². The number of carboxylic acid groups (broad SMARTS) is 1. The number of hydrogen-bond donors (Lipinski definition) is 1. The molecule has 8 nitrogen and oxygen atoms in total. The first-order valence-corrected chi connectivity index (χ1v) is 6.13. The summed E-state index contributed by atoms with van der Waals surface area (Å²) in [6.45, 7) is 2.82. The number of carbonyl (C=O) groups is 2. The van der Waals surface area contributed by atoms with E-state index in [0.717, 1.165) is 11.0 Å². The minimum Gasteiger partial charge on any atom is -0.496 e. The van der Waals surface area contributed by atoms with Crippen molar-refractivity contribution in [2.75, 3.05) is 13.7 Å². The van der Waals surface area contributed by atoms with E-state index < -0.39 is 23.3 Å². The van der Waals surface area contributed by atoms with Crippen LogP contribution in [0.2, 0.25) is 0 Å². The fraction of sp³-hybridized carbons (Fsp3) is 0.385. The molecule has 0 saturated carbocycles. The van der Waals surface area contributed by atoms with Crippen molar-refractivity contribution in [1.29, 1.82) is 0 Å². The van der Waals surface area contributed by atoms with Crippen LogP contribution in [0.15, 0.2) is 18.2 Å². The highest BCUT2D eigenvalue weighted by Gasteiger charge is 2.25. The zero-order valence-corrected chi connectivity index (χ0v) is 11.9. The average molecular weight is 296 g/mol. The summed E-state index contributed by atoms with van der Waals surface area (Å²) in [5.41, 5.74) is -0.306. The second kappa shape index (κ2) is 6.69. The Morgan fingerprint density at radius 3 is 2.48 bits per heavy atom. The summed E-state index contributed by atoms with van der Waals surface area (Å²) in [7, 11) is 1.33. The molecule has 0 spiro atoms. The molecule has 0 aliphatic rings. The molecule has 0 aliphatic heterocycles. The minimum absolute atomic E-state index is 0.0401. The Morgan fingerprint density at radius 1 is 1.43 bits per heavy atom. The molecule has 0 heterocycles. The Hall–Kier alpha value is -2.64. The maximum absolute atomic E-state index is 12.4. The molecule has 0 saturated heterocycles. The van der Waals surface area contributed by atoms with Gasteiger partial charge in [-0.15, -0.1) is 0 Å². The van der Waals surface area contributed by atoms with Crippen LogP contribution >= 0.6 is 0 Å². The van der Waals surface area contributed by atoms with Crippen molar-refractivity contribution in [3.63, 3.8) is 0 Å². The van der Waals surface area contributed by atoms with Crippen molar-refractivity contribution in [2.24, 2.45) is 0 Å². The van der Waals surface area contributed by atoms with E-state index >= 15 is 0 Å². The number of hydrogen-bond acceptors (Lipinski definition) is 5. The van der Waals surface area contributed by atoms with Gasteiger partial charge in [0.25, 0.3) is 11.6 Å². The van der Waals surface area contributed by atoms with Gasteiger partial charge in [-0.2, -0.15) is 0 Å². The van der Waals surface area contributed by atoms with Crippen molar-refractivity contribution < 1.29 is 24.4 Å². The lowest BCUT2D eigenvalue weighted by atomic mass is 10.1. The number of nitro benzene ring substituents is 1. The maximum Gasteiger partial charge on any atom is 0.323 e. The number of carboxylic acids is 1. The van der Waals surface area contributed by atoms with E-state index in [4.69, 9.17) is 9.84 Å². The van der Waals surface area contributed by atoms with Crippen LogP contribution < -0.4 is 4.74 Å². The number of ether oxygens (including phenoxy) is 1. The van der Waals surface area contributed by atoms with E-state index in [1.165, 1.54) is 19.2 Å². The van der Waals surface area contributed by atoms with Gasteiger partial charge in [0.05, 0.1) is 17.6 Å². The smallest absolute Gasteiger partial charge is 0.323 e. The summed E-state index contributed by atoms with van der Waals surface area (Å²) in [5, 5.41) is 19.7. The van der Waals surface area contributed by atoms with Gasteiger partial charge < -0.3 is 14.7 Å². The van der Waals surface area contributed by atoms with E-state index in [-0.39, 0.29) is 23.0 Å². The number of amides is 1. The normalized spacial score (nSPS) is 10.3. The van der Waals surface area contributed by atoms with E-state index in [9.17, 15) is 19.7 Å². The van der Waals surface area contributed by atoms with Gasteiger partial charge in [0, 0.05) is 18.2 Å². The Morgan fingerprint density at radius 2 is 2.05 bits per heavy atom. The molecule has 1 rings (SSSR count). The van der Waals surface area contributed by atoms with Crippen LogP contribution in [-0.4, -0.2) is 46.5 Å². The van der Waals surface area contributed by atoms with Crippen LogP contribution in [0.3, 0.4) is 0 Å². The zero-order valence-electron chi connectivity index (χ0n) is 11.9. The van der Waals surface area contributed by atoms with Crippen LogP contribution in [0.5, 0.6) is 5.75 Å². The third-order valence-electron chi connectivity index (χ3n) is 2.81. The molecule has 1 aromatic carbocycles. The molecule has 114 valence electrons. The van der Waals surface area contributed by atoms with Gasteiger partial charge in [-0.25, -0.2) is 0 Å². The number of non-ortho nitro benzene ring substituents is 1. The third-order valence-corrected chi connectivity index (χ3v) is 2.81. The van der Waals surface area contributed by atoms with Gasteiger partial charge in [0.15, 0.2) is 0 Å². The second-order valence-electron chi connectivity index (χ2n) is 4.56. The minimum atomic E-state index is -1.17. The number of nitrogens with zero attached hydrogens (tertiary/aromatic N) is 2. The summed E-state index contributed by atoms with van der Waals surface area (Å²) in [4.78, 5) is 34.6. The fourth-order valence-electron chi connectivity index (χ4n) is 1.77. The van der Waals surface area contributed by atoms with E-state index in [1.54, 1.807) is 13.8 Å². The molecule has 8 heteroatoms. The van der Waals surface area contributed by atoms with Gasteiger partial charge in [-0.05, 0) is 19.9 Å². The molecule has 0 aromatic heterocycles. The Bertz CT molecular complexity index is 570. The molecule has 0 radical (unpaired) electrons. The summed E-state index contributed by atoms with van der Waals surface area (Å²) in [6, 6.07) is 3.23. The first kappa shape index (κ1) is 16.4. The Kier molecular flexibility index (Phi) is 5.23. The summed E-state index contributed by atoms with van der Waals surface area (Å²) in [5.74, 6) is -1.64. The largest absolute Gasteiger partial charge is 0.496 e. The monoisotopic (exact) mass is 296 g/mol. The molecule has 1 amide bonds. The van der Waals surface area contributed by atoms with E-state index in [2.05, 4.69) is 0 Å². The first-order chi connectivity index (χ1) is 9.77. The number of nitro groups is 1. The zero-order chi connectivity index (χ0) is 16.2. The second-order valence-corrected chi connectivity index (χ2v) is 4.56.